The minimum atomic E-state index is -0.716. The lowest BCUT2D eigenvalue weighted by molar-refractivity contribution is -0.137. The highest BCUT2D eigenvalue weighted by atomic mass is 32.2. The van der Waals surface area contributed by atoms with Gasteiger partial charge in [0.25, 0.3) is 0 Å². The van der Waals surface area contributed by atoms with Gasteiger partial charge in [-0.3, -0.25) is 14.4 Å². The van der Waals surface area contributed by atoms with Crippen LogP contribution >= 0.6 is 11.8 Å². The molecule has 0 saturated carbocycles. The molecular weight excluding hydrogens is 424 g/mol. The van der Waals surface area contributed by atoms with E-state index < -0.39 is 5.97 Å². The monoisotopic (exact) mass is 466 g/mol. The van der Waals surface area contributed by atoms with Crippen LogP contribution in [0.1, 0.15) is 90.4 Å². The average Bonchev–Trinajstić information content (AvgIpc) is 3.36. The predicted octanol–water partition coefficient (Wildman–Crippen LogP) is 4.68. The number of carboxylic acid groups (broad SMARTS) is 1. The van der Waals surface area contributed by atoms with Crippen molar-refractivity contribution in [3.05, 3.63) is 12.2 Å². The van der Waals surface area contributed by atoms with E-state index in [0.29, 0.717) is 13.0 Å². The minimum absolute atomic E-state index is 0.0376. The highest BCUT2D eigenvalue weighted by molar-refractivity contribution is 8.01. The Hall–Kier alpha value is -1.50. The Morgan fingerprint density at radius 3 is 2.44 bits per heavy atom. The number of hydrogen-bond acceptors (Lipinski definition) is 4. The number of aliphatic carboxylic acids is 1. The Kier molecular flexibility index (Phi) is 12.8. The van der Waals surface area contributed by atoms with E-state index in [1.807, 2.05) is 0 Å². The molecule has 2 aliphatic rings. The van der Waals surface area contributed by atoms with Crippen LogP contribution in [0.2, 0.25) is 0 Å². The van der Waals surface area contributed by atoms with Gasteiger partial charge in [-0.25, -0.2) is 0 Å². The molecule has 2 heterocycles. The van der Waals surface area contributed by atoms with Gasteiger partial charge in [0.1, 0.15) is 0 Å². The summed E-state index contributed by atoms with van der Waals surface area (Å²) < 4.78 is 0. The molecule has 2 aliphatic heterocycles. The number of carboxylic acids is 1. The average molecular weight is 467 g/mol. The first-order valence-corrected chi connectivity index (χ1v) is 13.5. The summed E-state index contributed by atoms with van der Waals surface area (Å²) in [5.41, 5.74) is 0. The van der Waals surface area contributed by atoms with Crippen LogP contribution in [0.15, 0.2) is 12.2 Å². The maximum Gasteiger partial charge on any atom is 0.303 e. The lowest BCUT2D eigenvalue weighted by atomic mass is 9.75. The van der Waals surface area contributed by atoms with Crippen molar-refractivity contribution in [3.8, 4) is 0 Å². The summed E-state index contributed by atoms with van der Waals surface area (Å²) in [6, 6.07) is 0. The maximum atomic E-state index is 11.9. The van der Waals surface area contributed by atoms with Crippen molar-refractivity contribution in [1.82, 2.24) is 10.6 Å². The van der Waals surface area contributed by atoms with Gasteiger partial charge in [0, 0.05) is 29.9 Å². The molecule has 32 heavy (non-hydrogen) atoms. The molecule has 2 saturated heterocycles. The summed E-state index contributed by atoms with van der Waals surface area (Å²) in [7, 11) is 0. The summed E-state index contributed by atoms with van der Waals surface area (Å²) >= 11 is 2.18. The number of amides is 2. The molecule has 4 atom stereocenters. The smallest absolute Gasteiger partial charge is 0.303 e. The second kappa shape index (κ2) is 15.4. The second-order valence-electron chi connectivity index (χ2n) is 9.19. The standard InChI is InChI=1S/C25H42N2O4S/c1-2-3-6-13-23(28)27-18-24(29)26-17-10-9-12-20-19(21-15-16-22(20)32-21)11-7-4-5-8-14-25(30)31/h4,7,19-22H,2-3,5-6,8-18H2,1H3,(H,26,29)(H,27,28)(H,30,31)/b7-4-/t19-,20+,21-,22+/m1/s1. The molecule has 0 aromatic carbocycles. The van der Waals surface area contributed by atoms with Crippen LogP contribution in [-0.2, 0) is 14.4 Å². The Morgan fingerprint density at radius 2 is 1.69 bits per heavy atom. The largest absolute Gasteiger partial charge is 0.481 e. The van der Waals surface area contributed by atoms with Gasteiger partial charge >= 0.3 is 5.97 Å². The van der Waals surface area contributed by atoms with E-state index in [1.165, 1.54) is 19.3 Å². The Morgan fingerprint density at radius 1 is 0.906 bits per heavy atom. The number of hydrogen-bond donors (Lipinski definition) is 3. The van der Waals surface area contributed by atoms with Gasteiger partial charge in [-0.1, -0.05) is 38.3 Å². The molecule has 3 N–H and O–H groups in total. The molecule has 0 spiro atoms. The van der Waals surface area contributed by atoms with Crippen LogP contribution in [0.5, 0.6) is 0 Å². The van der Waals surface area contributed by atoms with Crippen molar-refractivity contribution < 1.29 is 19.5 Å². The third-order valence-corrected chi connectivity index (χ3v) is 8.54. The Bertz CT molecular complexity index is 625. The van der Waals surface area contributed by atoms with E-state index >= 15 is 0 Å². The molecule has 2 amide bonds. The number of nitrogens with one attached hydrogen (secondary N) is 2. The number of thioether (sulfide) groups is 1. The van der Waals surface area contributed by atoms with E-state index in [-0.39, 0.29) is 24.8 Å². The van der Waals surface area contributed by atoms with Crippen molar-refractivity contribution >= 4 is 29.5 Å². The molecule has 2 fully saturated rings. The Balaban J connectivity index is 1.57. The molecule has 0 unspecified atom stereocenters. The van der Waals surface area contributed by atoms with E-state index in [9.17, 15) is 14.4 Å². The first kappa shape index (κ1) is 26.7. The van der Waals surface area contributed by atoms with Crippen LogP contribution in [0.4, 0.5) is 0 Å². The van der Waals surface area contributed by atoms with Gasteiger partial charge in [0.15, 0.2) is 0 Å². The molecule has 7 heteroatoms. The first-order valence-electron chi connectivity index (χ1n) is 12.6. The molecule has 0 radical (unpaired) electrons. The highest BCUT2D eigenvalue weighted by Gasteiger charge is 2.46. The zero-order valence-corrected chi connectivity index (χ0v) is 20.5. The molecule has 0 aromatic heterocycles. The van der Waals surface area contributed by atoms with Crippen molar-refractivity contribution in [3.63, 3.8) is 0 Å². The van der Waals surface area contributed by atoms with Crippen molar-refractivity contribution in [2.75, 3.05) is 13.1 Å². The maximum absolute atomic E-state index is 11.9. The summed E-state index contributed by atoms with van der Waals surface area (Å²) in [6.45, 7) is 2.85. The normalized spacial score (nSPS) is 24.2. The van der Waals surface area contributed by atoms with Crippen LogP contribution < -0.4 is 10.6 Å². The number of rotatable bonds is 17. The zero-order chi connectivity index (χ0) is 23.2. The Labute approximate surface area is 197 Å². The van der Waals surface area contributed by atoms with E-state index in [1.54, 1.807) is 0 Å². The van der Waals surface area contributed by atoms with Gasteiger partial charge in [0.05, 0.1) is 6.54 Å². The van der Waals surface area contributed by atoms with E-state index in [4.69, 9.17) is 5.11 Å². The number of carbonyl (C=O) groups excluding carboxylic acids is 2. The summed E-state index contributed by atoms with van der Waals surface area (Å²) in [5.74, 6) is 0.651. The predicted molar refractivity (Wildman–Crippen MR) is 131 cm³/mol. The first-order chi connectivity index (χ1) is 15.5. The fraction of sp³-hybridized carbons (Fsp3) is 0.800. The van der Waals surface area contributed by atoms with Crippen LogP contribution in [0, 0.1) is 11.8 Å². The second-order valence-corrected chi connectivity index (χ2v) is 10.7. The number of fused-ring (bicyclic) bond motifs is 2. The van der Waals surface area contributed by atoms with Gasteiger partial charge in [-0.2, -0.15) is 11.8 Å². The fourth-order valence-electron chi connectivity index (χ4n) is 4.94. The van der Waals surface area contributed by atoms with Crippen molar-refractivity contribution in [2.24, 2.45) is 11.8 Å². The SMILES string of the molecule is CCCCCC(=O)NCC(=O)NCCCC[C@H]1[C@@H](C/C=C\CCCC(=O)O)[C@H]2CC[C@@H]1S2. The van der Waals surface area contributed by atoms with Crippen LogP contribution in [0.3, 0.4) is 0 Å². The summed E-state index contributed by atoms with van der Waals surface area (Å²) in [6.07, 6.45) is 16.9. The molecule has 182 valence electrons. The van der Waals surface area contributed by atoms with Gasteiger partial charge < -0.3 is 15.7 Å². The fourth-order valence-corrected chi connectivity index (χ4v) is 6.99. The third kappa shape index (κ3) is 9.97. The topological polar surface area (TPSA) is 95.5 Å². The van der Waals surface area contributed by atoms with Gasteiger partial charge in [-0.05, 0) is 63.2 Å². The quantitative estimate of drug-likeness (QED) is 0.214. The van der Waals surface area contributed by atoms with Gasteiger partial charge in [0.2, 0.25) is 11.8 Å². The van der Waals surface area contributed by atoms with Gasteiger partial charge in [-0.15, -0.1) is 0 Å². The molecule has 2 rings (SSSR count). The van der Waals surface area contributed by atoms with Crippen LogP contribution in [0.25, 0.3) is 0 Å². The highest BCUT2D eigenvalue weighted by Crippen LogP contribution is 2.55. The van der Waals surface area contributed by atoms with Crippen molar-refractivity contribution in [1.29, 1.82) is 0 Å². The lowest BCUT2D eigenvalue weighted by Crippen LogP contribution is -2.37. The molecule has 2 bridgehead atoms. The number of carbonyl (C=O) groups is 3. The minimum Gasteiger partial charge on any atom is -0.481 e. The third-order valence-electron chi connectivity index (χ3n) is 6.67. The van der Waals surface area contributed by atoms with Crippen LogP contribution in [-0.4, -0.2) is 46.5 Å². The summed E-state index contributed by atoms with van der Waals surface area (Å²) in [5, 5.41) is 15.9. The van der Waals surface area contributed by atoms with Crippen molar-refractivity contribution in [2.45, 2.75) is 101 Å². The molecule has 0 aromatic rings. The van der Waals surface area contributed by atoms with E-state index in [0.717, 1.165) is 73.7 Å². The van der Waals surface area contributed by atoms with E-state index in [2.05, 4.69) is 41.5 Å². The number of unbranched alkanes of at least 4 members (excludes halogenated alkanes) is 4. The summed E-state index contributed by atoms with van der Waals surface area (Å²) in [4.78, 5) is 34.2. The molecular formula is C25H42N2O4S. The lowest BCUT2D eigenvalue weighted by Gasteiger charge is -2.29. The molecule has 0 aliphatic carbocycles. The molecule has 6 nitrogen and oxygen atoms in total. The number of allylic oxidation sites excluding steroid dienone is 2. The zero-order valence-electron chi connectivity index (χ0n) is 19.7.